The molecule has 1 aliphatic heterocycles. The monoisotopic (exact) mass is 416 g/mol. The molecule has 30 heavy (non-hydrogen) atoms. The van der Waals surface area contributed by atoms with Crippen molar-refractivity contribution in [1.29, 1.82) is 0 Å². The quantitative estimate of drug-likeness (QED) is 0.427. The number of aliphatic imine (C=N–C) groups is 1. The maximum atomic E-state index is 13.0. The van der Waals surface area contributed by atoms with Gasteiger partial charge in [0.1, 0.15) is 11.3 Å². The zero-order valence-electron chi connectivity index (χ0n) is 19.4. The number of amides is 1. The van der Waals surface area contributed by atoms with Gasteiger partial charge in [0.15, 0.2) is 0 Å². The standard InChI is InChI=1S/C24H36N2O4/c1-8-20(17(2)9-10-18-11-13-19(14-12-18)25-16-27)21-15-29-24(6,7)26(21)22(28)30-23(3,4)5/h11-14,17,20-21H,8-10,15H2,1-7H3. The first-order valence-corrected chi connectivity index (χ1v) is 10.8. The maximum Gasteiger partial charge on any atom is 0.412 e. The molecule has 0 bridgehead atoms. The summed E-state index contributed by atoms with van der Waals surface area (Å²) in [5.74, 6) is 0.702. The van der Waals surface area contributed by atoms with Crippen LogP contribution in [0.1, 0.15) is 66.9 Å². The van der Waals surface area contributed by atoms with E-state index in [1.165, 1.54) is 5.56 Å². The second-order valence-corrected chi connectivity index (χ2v) is 9.63. The molecule has 1 saturated heterocycles. The van der Waals surface area contributed by atoms with Crippen molar-refractivity contribution < 1.29 is 19.1 Å². The van der Waals surface area contributed by atoms with Crippen LogP contribution < -0.4 is 0 Å². The highest BCUT2D eigenvalue weighted by Gasteiger charge is 2.48. The van der Waals surface area contributed by atoms with Gasteiger partial charge in [0, 0.05) is 0 Å². The van der Waals surface area contributed by atoms with E-state index in [0.29, 0.717) is 24.1 Å². The second kappa shape index (κ2) is 9.76. The van der Waals surface area contributed by atoms with Gasteiger partial charge in [-0.2, -0.15) is 4.99 Å². The Morgan fingerprint density at radius 2 is 1.97 bits per heavy atom. The van der Waals surface area contributed by atoms with Crippen LogP contribution >= 0.6 is 0 Å². The molecule has 0 N–H and O–H groups in total. The van der Waals surface area contributed by atoms with Crippen molar-refractivity contribution in [3.8, 4) is 0 Å². The Hall–Kier alpha value is -2.17. The Morgan fingerprint density at radius 3 is 2.50 bits per heavy atom. The topological polar surface area (TPSA) is 68.2 Å². The molecular weight excluding hydrogens is 380 g/mol. The number of hydrogen-bond acceptors (Lipinski definition) is 5. The van der Waals surface area contributed by atoms with Crippen LogP contribution in [0.4, 0.5) is 10.5 Å². The number of rotatable bonds is 7. The van der Waals surface area contributed by atoms with E-state index in [9.17, 15) is 9.59 Å². The number of nitrogens with zero attached hydrogens (tertiary/aromatic N) is 2. The van der Waals surface area contributed by atoms with Crippen molar-refractivity contribution in [2.45, 2.75) is 85.1 Å². The van der Waals surface area contributed by atoms with E-state index in [4.69, 9.17) is 9.47 Å². The average molecular weight is 417 g/mol. The van der Waals surface area contributed by atoms with Crippen molar-refractivity contribution in [2.75, 3.05) is 6.61 Å². The van der Waals surface area contributed by atoms with Gasteiger partial charge in [0.25, 0.3) is 0 Å². The number of ether oxygens (including phenoxy) is 2. The molecule has 0 saturated carbocycles. The minimum Gasteiger partial charge on any atom is -0.444 e. The van der Waals surface area contributed by atoms with E-state index in [1.807, 2.05) is 58.9 Å². The fourth-order valence-corrected chi connectivity index (χ4v) is 4.27. The molecule has 0 radical (unpaired) electrons. The molecular formula is C24H36N2O4. The van der Waals surface area contributed by atoms with Gasteiger partial charge < -0.3 is 9.47 Å². The summed E-state index contributed by atoms with van der Waals surface area (Å²) >= 11 is 0. The maximum absolute atomic E-state index is 13.0. The first-order valence-electron chi connectivity index (χ1n) is 10.8. The molecule has 6 heteroatoms. The summed E-state index contributed by atoms with van der Waals surface area (Å²) in [6, 6.07) is 7.65. The van der Waals surface area contributed by atoms with Crippen LogP contribution in [-0.2, 0) is 20.7 Å². The van der Waals surface area contributed by atoms with Gasteiger partial charge in [0.05, 0.1) is 18.3 Å². The summed E-state index contributed by atoms with van der Waals surface area (Å²) < 4.78 is 11.7. The molecule has 2 rings (SSSR count). The van der Waals surface area contributed by atoms with E-state index in [0.717, 1.165) is 19.3 Å². The van der Waals surface area contributed by atoms with Gasteiger partial charge in [-0.05, 0) is 77.0 Å². The fraction of sp³-hybridized carbons (Fsp3) is 0.667. The molecule has 3 atom stereocenters. The molecule has 1 aromatic carbocycles. The van der Waals surface area contributed by atoms with Gasteiger partial charge in [-0.3, -0.25) is 4.90 Å². The number of hydrogen-bond donors (Lipinski definition) is 0. The highest BCUT2D eigenvalue weighted by atomic mass is 16.6. The van der Waals surface area contributed by atoms with E-state index in [-0.39, 0.29) is 12.1 Å². The number of carbonyl (C=O) groups is 1. The lowest BCUT2D eigenvalue weighted by molar-refractivity contribution is -0.0655. The summed E-state index contributed by atoms with van der Waals surface area (Å²) in [7, 11) is 0. The van der Waals surface area contributed by atoms with Crippen molar-refractivity contribution >= 4 is 17.9 Å². The summed E-state index contributed by atoms with van der Waals surface area (Å²) in [4.78, 5) is 28.8. The van der Waals surface area contributed by atoms with Gasteiger partial charge >= 0.3 is 6.09 Å². The van der Waals surface area contributed by atoms with E-state index in [1.54, 1.807) is 11.0 Å². The Morgan fingerprint density at radius 1 is 1.33 bits per heavy atom. The van der Waals surface area contributed by atoms with Crippen LogP contribution in [0.2, 0.25) is 0 Å². The Kier molecular flexibility index (Phi) is 7.84. The fourth-order valence-electron chi connectivity index (χ4n) is 4.27. The van der Waals surface area contributed by atoms with Gasteiger partial charge in [-0.1, -0.05) is 32.4 Å². The lowest BCUT2D eigenvalue weighted by atomic mass is 9.81. The summed E-state index contributed by atoms with van der Waals surface area (Å²) in [5.41, 5.74) is 0.586. The van der Waals surface area contributed by atoms with Crippen LogP contribution in [0.3, 0.4) is 0 Å². The summed E-state index contributed by atoms with van der Waals surface area (Å²) in [6.45, 7) is 14.5. The smallest absolute Gasteiger partial charge is 0.412 e. The Balaban J connectivity index is 2.09. The zero-order chi connectivity index (χ0) is 22.5. The normalized spacial score (nSPS) is 20.4. The van der Waals surface area contributed by atoms with Crippen molar-refractivity contribution in [2.24, 2.45) is 16.8 Å². The van der Waals surface area contributed by atoms with Crippen LogP contribution in [0, 0.1) is 11.8 Å². The average Bonchev–Trinajstić information content (AvgIpc) is 2.95. The molecule has 0 aromatic heterocycles. The molecule has 6 nitrogen and oxygen atoms in total. The molecule has 3 unspecified atom stereocenters. The van der Waals surface area contributed by atoms with E-state index in [2.05, 4.69) is 18.8 Å². The molecule has 1 amide bonds. The molecule has 0 aliphatic carbocycles. The summed E-state index contributed by atoms with van der Waals surface area (Å²) in [6.07, 6.45) is 4.12. The molecule has 1 heterocycles. The van der Waals surface area contributed by atoms with Gasteiger partial charge in [-0.15, -0.1) is 0 Å². The van der Waals surface area contributed by atoms with Gasteiger partial charge in [0.2, 0.25) is 6.08 Å². The molecule has 1 aromatic rings. The number of aryl methyl sites for hydroxylation is 1. The molecule has 1 aliphatic rings. The SMILES string of the molecule is CCC(C(C)CCc1ccc(N=C=O)cc1)C1COC(C)(C)N1C(=O)OC(C)(C)C. The Bertz CT molecular complexity index is 760. The van der Waals surface area contributed by atoms with E-state index >= 15 is 0 Å². The van der Waals surface area contributed by atoms with Crippen LogP contribution in [-0.4, -0.2) is 41.0 Å². The molecule has 0 spiro atoms. The highest BCUT2D eigenvalue weighted by molar-refractivity contribution is 5.69. The Labute approximate surface area is 180 Å². The van der Waals surface area contributed by atoms with Gasteiger partial charge in [-0.25, -0.2) is 9.59 Å². The van der Waals surface area contributed by atoms with Crippen LogP contribution in [0.25, 0.3) is 0 Å². The minimum absolute atomic E-state index is 0.0147. The van der Waals surface area contributed by atoms with Crippen molar-refractivity contribution in [1.82, 2.24) is 4.90 Å². The lowest BCUT2D eigenvalue weighted by Gasteiger charge is -2.39. The number of isocyanates is 1. The lowest BCUT2D eigenvalue weighted by Crippen LogP contribution is -2.52. The summed E-state index contributed by atoms with van der Waals surface area (Å²) in [5, 5.41) is 0. The predicted molar refractivity (Wildman–Crippen MR) is 117 cm³/mol. The predicted octanol–water partition coefficient (Wildman–Crippen LogP) is 5.62. The first kappa shape index (κ1) is 24.1. The third-order valence-corrected chi connectivity index (χ3v) is 5.81. The largest absolute Gasteiger partial charge is 0.444 e. The third-order valence-electron chi connectivity index (χ3n) is 5.81. The highest BCUT2D eigenvalue weighted by Crippen LogP contribution is 2.37. The molecule has 166 valence electrons. The molecule has 1 fully saturated rings. The van der Waals surface area contributed by atoms with E-state index < -0.39 is 11.3 Å². The van der Waals surface area contributed by atoms with Crippen molar-refractivity contribution in [3.63, 3.8) is 0 Å². The van der Waals surface area contributed by atoms with Crippen molar-refractivity contribution in [3.05, 3.63) is 29.8 Å². The third kappa shape index (κ3) is 6.16. The second-order valence-electron chi connectivity index (χ2n) is 9.63. The van der Waals surface area contributed by atoms with Crippen LogP contribution in [0.5, 0.6) is 0 Å². The first-order chi connectivity index (χ1) is 14.0. The minimum atomic E-state index is -0.685. The number of carbonyl (C=O) groups excluding carboxylic acids is 2. The zero-order valence-corrected chi connectivity index (χ0v) is 19.4. The number of benzene rings is 1. The van der Waals surface area contributed by atoms with Crippen LogP contribution in [0.15, 0.2) is 29.3 Å².